The summed E-state index contributed by atoms with van der Waals surface area (Å²) in [5.74, 6) is 1.26. The van der Waals surface area contributed by atoms with Crippen LogP contribution in [0.15, 0.2) is 52.1 Å². The highest BCUT2D eigenvalue weighted by molar-refractivity contribution is 9.10. The summed E-state index contributed by atoms with van der Waals surface area (Å²) in [5, 5.41) is 10.1. The highest BCUT2D eigenvalue weighted by Crippen LogP contribution is 2.32. The molecule has 0 aliphatic carbocycles. The van der Waals surface area contributed by atoms with E-state index in [1.165, 1.54) is 0 Å². The number of benzene rings is 1. The van der Waals surface area contributed by atoms with E-state index >= 15 is 0 Å². The monoisotopic (exact) mass is 366 g/mol. The number of fused-ring (bicyclic) bond motifs is 1. The fraction of sp³-hybridized carbons (Fsp3) is 0. The number of nitrogens with zero attached hydrogens (tertiary/aromatic N) is 3. The van der Waals surface area contributed by atoms with Crippen LogP contribution in [-0.4, -0.2) is 26.3 Å². The number of aromatic hydroxyl groups is 1. The van der Waals surface area contributed by atoms with Crippen LogP contribution in [0.4, 0.5) is 5.82 Å². The first-order chi connectivity index (χ1) is 11.2. The van der Waals surface area contributed by atoms with Gasteiger partial charge < -0.3 is 10.1 Å². The lowest BCUT2D eigenvalue weighted by Gasteiger charge is -1.98. The number of hydrogen-bond donors (Lipinski definition) is 2. The fourth-order valence-corrected chi connectivity index (χ4v) is 2.68. The van der Waals surface area contributed by atoms with Crippen molar-refractivity contribution in [3.8, 4) is 17.3 Å². The third kappa shape index (κ3) is 2.57. The molecule has 0 unspecified atom stereocenters. The van der Waals surface area contributed by atoms with E-state index in [4.69, 9.17) is 0 Å². The zero-order valence-corrected chi connectivity index (χ0v) is 13.4. The molecule has 3 aromatic rings. The summed E-state index contributed by atoms with van der Waals surface area (Å²) in [7, 11) is 0. The van der Waals surface area contributed by atoms with E-state index in [0.717, 1.165) is 21.2 Å². The molecule has 0 saturated heterocycles. The number of imidazole rings is 1. The highest BCUT2D eigenvalue weighted by atomic mass is 79.9. The first-order valence-corrected chi connectivity index (χ1v) is 7.76. The number of hydrogen-bond acceptors (Lipinski definition) is 4. The lowest BCUT2D eigenvalue weighted by Crippen LogP contribution is -1.83. The largest absolute Gasteiger partial charge is 0.492 e. The van der Waals surface area contributed by atoms with E-state index in [9.17, 15) is 5.11 Å². The van der Waals surface area contributed by atoms with Gasteiger partial charge in [-0.15, -0.1) is 0 Å². The summed E-state index contributed by atoms with van der Waals surface area (Å²) in [6.45, 7) is 0. The molecule has 0 bridgehead atoms. The molecular weight excluding hydrogens is 356 g/mol. The first kappa shape index (κ1) is 13.9. The molecule has 23 heavy (non-hydrogen) atoms. The fourth-order valence-electron chi connectivity index (χ4n) is 2.42. The van der Waals surface area contributed by atoms with E-state index in [1.807, 2.05) is 42.5 Å². The molecular formula is C17H11BrN4O. The number of allylic oxidation sites excluding steroid dienone is 1. The van der Waals surface area contributed by atoms with Crippen LogP contribution in [0.5, 0.6) is 5.88 Å². The summed E-state index contributed by atoms with van der Waals surface area (Å²) in [5.41, 5.74) is 3.26. The van der Waals surface area contributed by atoms with Gasteiger partial charge in [0.05, 0.1) is 0 Å². The Morgan fingerprint density at radius 2 is 1.96 bits per heavy atom. The predicted molar refractivity (Wildman–Crippen MR) is 93.6 cm³/mol. The number of aromatic nitrogens is 3. The second kappa shape index (κ2) is 5.48. The SMILES string of the molecule is Oc1nc(-c2ccc(Br)cc2)[nH]c1/C=C1\C=Nc2ncccc21. The van der Waals surface area contributed by atoms with E-state index in [2.05, 4.69) is 35.9 Å². The van der Waals surface area contributed by atoms with Gasteiger partial charge in [-0.25, -0.2) is 9.98 Å². The van der Waals surface area contributed by atoms with Gasteiger partial charge in [0.25, 0.3) is 0 Å². The highest BCUT2D eigenvalue weighted by Gasteiger charge is 2.15. The Morgan fingerprint density at radius 1 is 1.13 bits per heavy atom. The minimum absolute atomic E-state index is 0.0406. The van der Waals surface area contributed by atoms with Crippen LogP contribution in [0.25, 0.3) is 23.0 Å². The zero-order valence-electron chi connectivity index (χ0n) is 11.9. The molecule has 3 heterocycles. The molecule has 0 radical (unpaired) electrons. The first-order valence-electron chi connectivity index (χ1n) is 6.97. The topological polar surface area (TPSA) is 74.2 Å². The van der Waals surface area contributed by atoms with Crippen LogP contribution >= 0.6 is 15.9 Å². The quantitative estimate of drug-likeness (QED) is 0.713. The number of aromatic amines is 1. The standard InChI is InChI=1S/C17H11BrN4O/c18-12-5-3-10(4-6-12)15-21-14(17(23)22-15)8-11-9-20-16-13(11)2-1-7-19-16/h1-9,23H,(H,21,22)/b11-8+. The normalized spacial score (nSPS) is 14.4. The maximum atomic E-state index is 10.1. The van der Waals surface area contributed by atoms with Crippen molar-refractivity contribution in [2.24, 2.45) is 4.99 Å². The Hall–Kier alpha value is -2.73. The van der Waals surface area contributed by atoms with Gasteiger partial charge in [-0.3, -0.25) is 0 Å². The number of H-pyrrole nitrogens is 1. The Bertz CT molecular complexity index is 941. The third-order valence-corrected chi connectivity index (χ3v) is 4.08. The Kier molecular flexibility index (Phi) is 3.31. The second-order valence-corrected chi connectivity index (χ2v) is 5.98. The molecule has 2 aromatic heterocycles. The Balaban J connectivity index is 1.73. The molecule has 5 nitrogen and oxygen atoms in total. The van der Waals surface area contributed by atoms with Crippen LogP contribution in [0.1, 0.15) is 11.3 Å². The van der Waals surface area contributed by atoms with Crippen molar-refractivity contribution in [3.63, 3.8) is 0 Å². The van der Waals surface area contributed by atoms with Crippen molar-refractivity contribution >= 4 is 39.6 Å². The minimum Gasteiger partial charge on any atom is -0.492 e. The molecule has 6 heteroatoms. The van der Waals surface area contributed by atoms with E-state index in [0.29, 0.717) is 17.3 Å². The summed E-state index contributed by atoms with van der Waals surface area (Å²) in [6.07, 6.45) is 5.26. The molecule has 0 amide bonds. The van der Waals surface area contributed by atoms with Crippen molar-refractivity contribution in [2.45, 2.75) is 0 Å². The second-order valence-electron chi connectivity index (χ2n) is 5.06. The van der Waals surface area contributed by atoms with E-state index in [-0.39, 0.29) is 5.88 Å². The molecule has 0 atom stereocenters. The van der Waals surface area contributed by atoms with Gasteiger partial charge in [-0.05, 0) is 30.3 Å². The van der Waals surface area contributed by atoms with E-state index < -0.39 is 0 Å². The molecule has 0 spiro atoms. The molecule has 2 N–H and O–H groups in total. The van der Waals surface area contributed by atoms with Crippen molar-refractivity contribution in [3.05, 3.63) is 58.3 Å². The summed E-state index contributed by atoms with van der Waals surface area (Å²) in [4.78, 5) is 15.8. The molecule has 112 valence electrons. The van der Waals surface area contributed by atoms with Crippen LogP contribution in [-0.2, 0) is 0 Å². The van der Waals surface area contributed by atoms with E-state index in [1.54, 1.807) is 12.4 Å². The summed E-state index contributed by atoms with van der Waals surface area (Å²) >= 11 is 3.40. The molecule has 0 fully saturated rings. The molecule has 1 aromatic carbocycles. The number of rotatable bonds is 2. The van der Waals surface area contributed by atoms with Gasteiger partial charge >= 0.3 is 0 Å². The van der Waals surface area contributed by atoms with Gasteiger partial charge in [0.1, 0.15) is 11.5 Å². The van der Waals surface area contributed by atoms with Crippen molar-refractivity contribution in [1.29, 1.82) is 0 Å². The van der Waals surface area contributed by atoms with Gasteiger partial charge in [0.15, 0.2) is 5.82 Å². The van der Waals surface area contributed by atoms with Crippen LogP contribution < -0.4 is 0 Å². The van der Waals surface area contributed by atoms with Gasteiger partial charge in [0.2, 0.25) is 5.88 Å². The predicted octanol–water partition coefficient (Wildman–Crippen LogP) is 4.20. The average molecular weight is 367 g/mol. The van der Waals surface area contributed by atoms with Crippen molar-refractivity contribution in [2.75, 3.05) is 0 Å². The smallest absolute Gasteiger partial charge is 0.237 e. The van der Waals surface area contributed by atoms with Crippen LogP contribution in [0.2, 0.25) is 0 Å². The Morgan fingerprint density at radius 3 is 2.78 bits per heavy atom. The number of nitrogens with one attached hydrogen (secondary N) is 1. The number of halogens is 1. The zero-order chi connectivity index (χ0) is 15.8. The average Bonchev–Trinajstić information content (AvgIpc) is 3.13. The Labute approximate surface area is 140 Å². The lowest BCUT2D eigenvalue weighted by atomic mass is 10.1. The van der Waals surface area contributed by atoms with Crippen molar-refractivity contribution in [1.82, 2.24) is 15.0 Å². The molecule has 4 rings (SSSR count). The molecule has 0 saturated carbocycles. The van der Waals surface area contributed by atoms with Crippen LogP contribution in [0.3, 0.4) is 0 Å². The maximum Gasteiger partial charge on any atom is 0.237 e. The van der Waals surface area contributed by atoms with Crippen molar-refractivity contribution < 1.29 is 5.11 Å². The number of pyridine rings is 1. The lowest BCUT2D eigenvalue weighted by molar-refractivity contribution is 0.455. The van der Waals surface area contributed by atoms with Crippen LogP contribution in [0, 0.1) is 0 Å². The summed E-state index contributed by atoms with van der Waals surface area (Å²) in [6, 6.07) is 11.5. The number of aliphatic imine (C=N–C) groups is 1. The molecule has 1 aliphatic heterocycles. The third-order valence-electron chi connectivity index (χ3n) is 3.55. The minimum atomic E-state index is -0.0406. The van der Waals surface area contributed by atoms with Gasteiger partial charge in [-0.1, -0.05) is 28.1 Å². The van der Waals surface area contributed by atoms with Gasteiger partial charge in [0, 0.05) is 33.6 Å². The molecule has 1 aliphatic rings. The maximum absolute atomic E-state index is 10.1. The summed E-state index contributed by atoms with van der Waals surface area (Å²) < 4.78 is 0.991. The van der Waals surface area contributed by atoms with Gasteiger partial charge in [-0.2, -0.15) is 4.98 Å².